The van der Waals surface area contributed by atoms with Crippen LogP contribution >= 0.6 is 0 Å². The molecule has 1 unspecified atom stereocenters. The highest BCUT2D eigenvalue weighted by Gasteiger charge is 2.24. The van der Waals surface area contributed by atoms with E-state index in [0.717, 1.165) is 0 Å². The molecule has 0 aliphatic carbocycles. The van der Waals surface area contributed by atoms with Crippen LogP contribution in [-0.4, -0.2) is 17.8 Å². The lowest BCUT2D eigenvalue weighted by Crippen LogP contribution is -2.34. The standard InChI is InChI=1S/C15H13NO4/c1-8-3-5-13(19-8)14(17)10-4-6-12-11(7-10)16-15(18)9(2)20-12/h3-7,9H,1-2H3,(H,16,18). The molecule has 0 saturated heterocycles. The topological polar surface area (TPSA) is 68.5 Å². The maximum atomic E-state index is 12.2. The van der Waals surface area contributed by atoms with Gasteiger partial charge < -0.3 is 14.5 Å². The zero-order valence-electron chi connectivity index (χ0n) is 11.1. The molecule has 20 heavy (non-hydrogen) atoms. The third-order valence-corrected chi connectivity index (χ3v) is 3.14. The van der Waals surface area contributed by atoms with Gasteiger partial charge in [-0.15, -0.1) is 0 Å². The van der Waals surface area contributed by atoms with E-state index in [1.165, 1.54) is 0 Å². The van der Waals surface area contributed by atoms with Crippen LogP contribution in [0.5, 0.6) is 5.75 Å². The van der Waals surface area contributed by atoms with Crippen molar-refractivity contribution in [3.8, 4) is 5.75 Å². The Kier molecular flexibility index (Phi) is 2.82. The Bertz CT molecular complexity index is 702. The zero-order valence-corrected chi connectivity index (χ0v) is 11.1. The maximum absolute atomic E-state index is 12.2. The van der Waals surface area contributed by atoms with E-state index in [1.54, 1.807) is 44.2 Å². The molecular weight excluding hydrogens is 258 g/mol. The first-order valence-corrected chi connectivity index (χ1v) is 6.27. The normalized spacial score (nSPS) is 17.1. The number of furan rings is 1. The van der Waals surface area contributed by atoms with Gasteiger partial charge in [0.2, 0.25) is 5.78 Å². The Labute approximate surface area is 115 Å². The second-order valence-electron chi connectivity index (χ2n) is 4.70. The van der Waals surface area contributed by atoms with Crippen LogP contribution in [0.25, 0.3) is 0 Å². The minimum Gasteiger partial charge on any atom is -0.479 e. The van der Waals surface area contributed by atoms with Crippen molar-refractivity contribution in [2.45, 2.75) is 20.0 Å². The molecule has 0 fully saturated rings. The van der Waals surface area contributed by atoms with Crippen molar-refractivity contribution in [2.24, 2.45) is 0 Å². The first-order chi connectivity index (χ1) is 9.54. The molecule has 0 radical (unpaired) electrons. The number of fused-ring (bicyclic) bond motifs is 1. The fraction of sp³-hybridized carbons (Fsp3) is 0.200. The first-order valence-electron chi connectivity index (χ1n) is 6.27. The number of anilines is 1. The van der Waals surface area contributed by atoms with Gasteiger partial charge in [-0.1, -0.05) is 0 Å². The Hall–Kier alpha value is -2.56. The maximum Gasteiger partial charge on any atom is 0.265 e. The molecule has 1 atom stereocenters. The summed E-state index contributed by atoms with van der Waals surface area (Å²) in [7, 11) is 0. The molecule has 1 aliphatic rings. The summed E-state index contributed by atoms with van der Waals surface area (Å²) in [5.41, 5.74) is 0.943. The van der Waals surface area contributed by atoms with Crippen molar-refractivity contribution in [2.75, 3.05) is 5.32 Å². The highest BCUT2D eigenvalue weighted by molar-refractivity contribution is 6.08. The Morgan fingerprint density at radius 1 is 1.25 bits per heavy atom. The summed E-state index contributed by atoms with van der Waals surface area (Å²) >= 11 is 0. The molecule has 5 heteroatoms. The number of carbonyl (C=O) groups is 2. The van der Waals surface area contributed by atoms with E-state index in [1.807, 2.05) is 0 Å². The fourth-order valence-corrected chi connectivity index (χ4v) is 2.05. The SMILES string of the molecule is Cc1ccc(C(=O)c2ccc3c(c2)NC(=O)C(C)O3)o1. The Morgan fingerprint density at radius 3 is 2.75 bits per heavy atom. The molecule has 0 bridgehead atoms. The summed E-state index contributed by atoms with van der Waals surface area (Å²) in [4.78, 5) is 23.8. The molecule has 2 aromatic rings. The van der Waals surface area contributed by atoms with E-state index in [2.05, 4.69) is 5.32 Å². The molecule has 5 nitrogen and oxygen atoms in total. The van der Waals surface area contributed by atoms with Crippen LogP contribution < -0.4 is 10.1 Å². The predicted octanol–water partition coefficient (Wildman–Crippen LogP) is 2.54. The number of benzene rings is 1. The predicted molar refractivity (Wildman–Crippen MR) is 72.0 cm³/mol. The van der Waals surface area contributed by atoms with Crippen molar-refractivity contribution in [1.82, 2.24) is 0 Å². The van der Waals surface area contributed by atoms with E-state index < -0.39 is 6.10 Å². The summed E-state index contributed by atoms with van der Waals surface area (Å²) in [6, 6.07) is 8.29. The Balaban J connectivity index is 1.95. The molecule has 102 valence electrons. The first kappa shape index (κ1) is 12.5. The van der Waals surface area contributed by atoms with Crippen LogP contribution in [0.3, 0.4) is 0 Å². The van der Waals surface area contributed by atoms with Crippen LogP contribution in [0.4, 0.5) is 5.69 Å². The number of amides is 1. The van der Waals surface area contributed by atoms with Crippen LogP contribution in [0.2, 0.25) is 0 Å². The van der Waals surface area contributed by atoms with Gasteiger partial charge in [0.25, 0.3) is 5.91 Å². The molecule has 1 amide bonds. The second-order valence-corrected chi connectivity index (χ2v) is 4.70. The van der Waals surface area contributed by atoms with Gasteiger partial charge in [0.15, 0.2) is 11.9 Å². The van der Waals surface area contributed by atoms with E-state index in [4.69, 9.17) is 9.15 Å². The quantitative estimate of drug-likeness (QED) is 0.852. The highest BCUT2D eigenvalue weighted by Crippen LogP contribution is 2.31. The van der Waals surface area contributed by atoms with Crippen molar-refractivity contribution in [3.63, 3.8) is 0 Å². The van der Waals surface area contributed by atoms with Gasteiger partial charge in [0.1, 0.15) is 11.5 Å². The number of carbonyl (C=O) groups excluding carboxylic acids is 2. The number of ketones is 1. The highest BCUT2D eigenvalue weighted by atomic mass is 16.5. The third kappa shape index (κ3) is 2.07. The fourth-order valence-electron chi connectivity index (χ4n) is 2.05. The van der Waals surface area contributed by atoms with E-state index >= 15 is 0 Å². The molecule has 1 N–H and O–H groups in total. The summed E-state index contributed by atoms with van der Waals surface area (Å²) in [5, 5.41) is 2.71. The van der Waals surface area contributed by atoms with E-state index in [0.29, 0.717) is 22.8 Å². The van der Waals surface area contributed by atoms with Crippen molar-refractivity contribution >= 4 is 17.4 Å². The molecular formula is C15H13NO4. The number of ether oxygens (including phenoxy) is 1. The lowest BCUT2D eigenvalue weighted by atomic mass is 10.1. The average Bonchev–Trinajstić information content (AvgIpc) is 2.85. The van der Waals surface area contributed by atoms with Gasteiger partial charge >= 0.3 is 0 Å². The molecule has 1 aromatic heterocycles. The lowest BCUT2D eigenvalue weighted by Gasteiger charge is -2.23. The summed E-state index contributed by atoms with van der Waals surface area (Å²) in [6.07, 6.45) is -0.531. The zero-order chi connectivity index (χ0) is 14.3. The Morgan fingerprint density at radius 2 is 2.05 bits per heavy atom. The third-order valence-electron chi connectivity index (χ3n) is 3.14. The van der Waals surface area contributed by atoms with Gasteiger partial charge in [-0.2, -0.15) is 0 Å². The molecule has 3 rings (SSSR count). The van der Waals surface area contributed by atoms with Gasteiger partial charge in [0.05, 0.1) is 5.69 Å². The molecule has 0 saturated carbocycles. The number of rotatable bonds is 2. The summed E-state index contributed by atoms with van der Waals surface area (Å²) in [6.45, 7) is 3.45. The number of hydrogen-bond donors (Lipinski definition) is 1. The minimum absolute atomic E-state index is 0.226. The van der Waals surface area contributed by atoms with Gasteiger partial charge in [-0.3, -0.25) is 9.59 Å². The number of aryl methyl sites for hydroxylation is 1. The van der Waals surface area contributed by atoms with Crippen LogP contribution in [0, 0.1) is 6.92 Å². The largest absolute Gasteiger partial charge is 0.479 e. The van der Waals surface area contributed by atoms with Crippen LogP contribution in [0.15, 0.2) is 34.7 Å². The van der Waals surface area contributed by atoms with Crippen molar-refractivity contribution < 1.29 is 18.7 Å². The van der Waals surface area contributed by atoms with Gasteiger partial charge in [0, 0.05) is 5.56 Å². The molecule has 2 heterocycles. The molecule has 1 aromatic carbocycles. The van der Waals surface area contributed by atoms with Crippen molar-refractivity contribution in [3.05, 3.63) is 47.4 Å². The lowest BCUT2D eigenvalue weighted by molar-refractivity contribution is -0.122. The number of nitrogens with one attached hydrogen (secondary N) is 1. The monoisotopic (exact) mass is 271 g/mol. The van der Waals surface area contributed by atoms with Crippen molar-refractivity contribution in [1.29, 1.82) is 0 Å². The van der Waals surface area contributed by atoms with Gasteiger partial charge in [-0.25, -0.2) is 0 Å². The van der Waals surface area contributed by atoms with E-state index in [-0.39, 0.29) is 17.5 Å². The number of hydrogen-bond acceptors (Lipinski definition) is 4. The van der Waals surface area contributed by atoms with E-state index in [9.17, 15) is 9.59 Å². The summed E-state index contributed by atoms with van der Waals surface area (Å²) < 4.78 is 10.8. The minimum atomic E-state index is -0.531. The van der Waals surface area contributed by atoms with Crippen LogP contribution in [-0.2, 0) is 4.79 Å². The molecule has 1 aliphatic heterocycles. The molecule has 0 spiro atoms. The summed E-state index contributed by atoms with van der Waals surface area (Å²) in [5.74, 6) is 1.06. The smallest absolute Gasteiger partial charge is 0.265 e. The second kappa shape index (κ2) is 4.52. The van der Waals surface area contributed by atoms with Gasteiger partial charge in [-0.05, 0) is 44.2 Å². The average molecular weight is 271 g/mol. The van der Waals surface area contributed by atoms with Crippen LogP contribution in [0.1, 0.15) is 28.8 Å².